The van der Waals surface area contributed by atoms with E-state index in [-0.39, 0.29) is 17.7 Å². The predicted octanol–water partition coefficient (Wildman–Crippen LogP) is 3.89. The largest absolute Gasteiger partial charge is 0.326 e. The highest BCUT2D eigenvalue weighted by molar-refractivity contribution is 5.93. The van der Waals surface area contributed by atoms with Gasteiger partial charge in [-0.15, -0.1) is 0 Å². The second-order valence-electron chi connectivity index (χ2n) is 7.99. The lowest BCUT2D eigenvalue weighted by Gasteiger charge is -2.32. The van der Waals surface area contributed by atoms with Crippen LogP contribution in [0.4, 0.5) is 11.4 Å². The SMILES string of the molecule is CC(=O)Nc1ccc(CN2CCC[C@@H](C(=O)Nc3ccc(-c4ccn[nH]4)cc3)C2)cc1. The molecule has 2 heterocycles. The van der Waals surface area contributed by atoms with Gasteiger partial charge in [0.2, 0.25) is 11.8 Å². The third kappa shape index (κ3) is 5.58. The van der Waals surface area contributed by atoms with Gasteiger partial charge in [0, 0.05) is 37.6 Å². The summed E-state index contributed by atoms with van der Waals surface area (Å²) in [6, 6.07) is 17.6. The number of benzene rings is 2. The smallest absolute Gasteiger partial charge is 0.228 e. The van der Waals surface area contributed by atoms with Gasteiger partial charge in [-0.1, -0.05) is 24.3 Å². The second kappa shape index (κ2) is 9.57. The molecule has 1 aromatic heterocycles. The molecule has 160 valence electrons. The minimum Gasteiger partial charge on any atom is -0.326 e. The van der Waals surface area contributed by atoms with Gasteiger partial charge < -0.3 is 10.6 Å². The Labute approximate surface area is 181 Å². The molecule has 1 aliphatic heterocycles. The summed E-state index contributed by atoms with van der Waals surface area (Å²) in [6.07, 6.45) is 3.62. The normalized spacial score (nSPS) is 16.6. The molecule has 0 saturated carbocycles. The van der Waals surface area contributed by atoms with Gasteiger partial charge in [-0.05, 0) is 60.8 Å². The van der Waals surface area contributed by atoms with E-state index in [9.17, 15) is 9.59 Å². The molecule has 0 unspecified atom stereocenters. The molecule has 1 saturated heterocycles. The molecule has 2 aromatic carbocycles. The number of hydrogen-bond acceptors (Lipinski definition) is 4. The van der Waals surface area contributed by atoms with E-state index in [1.54, 1.807) is 6.20 Å². The molecule has 2 amide bonds. The van der Waals surface area contributed by atoms with Crippen LogP contribution in [0.2, 0.25) is 0 Å². The topological polar surface area (TPSA) is 90.1 Å². The number of aromatic nitrogens is 2. The van der Waals surface area contributed by atoms with Crippen LogP contribution in [-0.4, -0.2) is 40.0 Å². The van der Waals surface area contributed by atoms with Crippen molar-refractivity contribution in [2.24, 2.45) is 5.92 Å². The van der Waals surface area contributed by atoms with E-state index in [1.165, 1.54) is 12.5 Å². The number of amides is 2. The van der Waals surface area contributed by atoms with Crippen molar-refractivity contribution in [3.63, 3.8) is 0 Å². The van der Waals surface area contributed by atoms with Crippen LogP contribution in [0, 0.1) is 5.92 Å². The molecule has 0 spiro atoms. The van der Waals surface area contributed by atoms with Crippen LogP contribution < -0.4 is 10.6 Å². The molecule has 0 radical (unpaired) electrons. The Hall–Kier alpha value is -3.45. The summed E-state index contributed by atoms with van der Waals surface area (Å²) in [5.74, 6) is -0.0340. The Kier molecular flexibility index (Phi) is 6.43. The average molecular weight is 418 g/mol. The predicted molar refractivity (Wildman–Crippen MR) is 121 cm³/mol. The summed E-state index contributed by atoms with van der Waals surface area (Å²) in [4.78, 5) is 26.3. The monoisotopic (exact) mass is 417 g/mol. The first kappa shape index (κ1) is 20.8. The Morgan fingerprint density at radius 3 is 2.42 bits per heavy atom. The fourth-order valence-electron chi connectivity index (χ4n) is 3.96. The van der Waals surface area contributed by atoms with Crippen molar-refractivity contribution in [1.29, 1.82) is 0 Å². The minimum absolute atomic E-state index is 0.0281. The molecule has 7 heteroatoms. The van der Waals surface area contributed by atoms with Gasteiger partial charge in [-0.3, -0.25) is 19.6 Å². The van der Waals surface area contributed by atoms with Crippen molar-refractivity contribution in [1.82, 2.24) is 15.1 Å². The van der Waals surface area contributed by atoms with Gasteiger partial charge in [0.15, 0.2) is 0 Å². The molecule has 0 aliphatic carbocycles. The number of piperidine rings is 1. The second-order valence-corrected chi connectivity index (χ2v) is 7.99. The van der Waals surface area contributed by atoms with Crippen molar-refractivity contribution in [3.8, 4) is 11.3 Å². The van der Waals surface area contributed by atoms with Gasteiger partial charge >= 0.3 is 0 Å². The van der Waals surface area contributed by atoms with Crippen LogP contribution in [0.25, 0.3) is 11.3 Å². The highest BCUT2D eigenvalue weighted by Crippen LogP contribution is 2.23. The Balaban J connectivity index is 1.31. The minimum atomic E-state index is -0.0754. The van der Waals surface area contributed by atoms with Crippen LogP contribution in [-0.2, 0) is 16.1 Å². The number of H-pyrrole nitrogens is 1. The van der Waals surface area contributed by atoms with Gasteiger partial charge in [0.1, 0.15) is 0 Å². The zero-order valence-corrected chi connectivity index (χ0v) is 17.6. The van der Waals surface area contributed by atoms with Crippen molar-refractivity contribution < 1.29 is 9.59 Å². The number of aromatic amines is 1. The Bertz CT molecular complexity index is 1010. The lowest BCUT2D eigenvalue weighted by atomic mass is 9.96. The third-order valence-electron chi connectivity index (χ3n) is 5.52. The fraction of sp³-hybridized carbons (Fsp3) is 0.292. The van der Waals surface area contributed by atoms with Crippen LogP contribution in [0.3, 0.4) is 0 Å². The lowest BCUT2D eigenvalue weighted by molar-refractivity contribution is -0.121. The van der Waals surface area contributed by atoms with E-state index in [4.69, 9.17) is 0 Å². The van der Waals surface area contributed by atoms with Gasteiger partial charge in [0.05, 0.1) is 11.6 Å². The maximum atomic E-state index is 12.8. The molecule has 31 heavy (non-hydrogen) atoms. The van der Waals surface area contributed by atoms with E-state index in [0.717, 1.165) is 55.1 Å². The zero-order chi connectivity index (χ0) is 21.6. The first-order valence-corrected chi connectivity index (χ1v) is 10.6. The van der Waals surface area contributed by atoms with E-state index in [1.807, 2.05) is 54.6 Å². The first-order chi connectivity index (χ1) is 15.1. The third-order valence-corrected chi connectivity index (χ3v) is 5.52. The van der Waals surface area contributed by atoms with Crippen molar-refractivity contribution in [2.45, 2.75) is 26.3 Å². The first-order valence-electron chi connectivity index (χ1n) is 10.6. The molecular weight excluding hydrogens is 390 g/mol. The molecule has 3 aromatic rings. The van der Waals surface area contributed by atoms with E-state index >= 15 is 0 Å². The van der Waals surface area contributed by atoms with Crippen LogP contribution in [0.15, 0.2) is 60.8 Å². The number of carbonyl (C=O) groups is 2. The number of carbonyl (C=O) groups excluding carboxylic acids is 2. The summed E-state index contributed by atoms with van der Waals surface area (Å²) >= 11 is 0. The summed E-state index contributed by atoms with van der Waals surface area (Å²) in [5, 5.41) is 12.8. The highest BCUT2D eigenvalue weighted by atomic mass is 16.2. The number of rotatable bonds is 6. The van der Waals surface area contributed by atoms with Gasteiger partial charge in [-0.25, -0.2) is 0 Å². The number of anilines is 2. The van der Waals surface area contributed by atoms with E-state index in [0.29, 0.717) is 0 Å². The molecule has 1 aliphatic rings. The number of nitrogens with one attached hydrogen (secondary N) is 3. The summed E-state index contributed by atoms with van der Waals surface area (Å²) < 4.78 is 0. The standard InChI is InChI=1S/C24H27N5O2/c1-17(30)26-21-8-4-18(5-9-21)15-29-14-2-3-20(16-29)24(31)27-22-10-6-19(7-11-22)23-12-13-25-28-23/h4-13,20H,2-3,14-16H2,1H3,(H,25,28)(H,26,30)(H,27,31)/t20-/m1/s1. The number of hydrogen-bond donors (Lipinski definition) is 3. The van der Waals surface area contributed by atoms with E-state index in [2.05, 4.69) is 25.7 Å². The maximum absolute atomic E-state index is 12.8. The molecule has 0 bridgehead atoms. The fourth-order valence-corrected chi connectivity index (χ4v) is 3.96. The molecule has 3 N–H and O–H groups in total. The number of likely N-dealkylation sites (tertiary alicyclic amines) is 1. The van der Waals surface area contributed by atoms with Crippen LogP contribution >= 0.6 is 0 Å². The summed E-state index contributed by atoms with van der Waals surface area (Å²) in [6.45, 7) is 4.02. The molecule has 7 nitrogen and oxygen atoms in total. The summed E-state index contributed by atoms with van der Waals surface area (Å²) in [7, 11) is 0. The van der Waals surface area contributed by atoms with Gasteiger partial charge in [-0.2, -0.15) is 5.10 Å². The summed E-state index contributed by atoms with van der Waals surface area (Å²) in [5.41, 5.74) is 4.75. The van der Waals surface area contributed by atoms with Crippen molar-refractivity contribution in [2.75, 3.05) is 23.7 Å². The quantitative estimate of drug-likeness (QED) is 0.568. The van der Waals surface area contributed by atoms with Crippen LogP contribution in [0.5, 0.6) is 0 Å². The Morgan fingerprint density at radius 1 is 1.03 bits per heavy atom. The average Bonchev–Trinajstić information content (AvgIpc) is 3.30. The van der Waals surface area contributed by atoms with E-state index < -0.39 is 0 Å². The molecule has 4 rings (SSSR count). The maximum Gasteiger partial charge on any atom is 0.228 e. The highest BCUT2D eigenvalue weighted by Gasteiger charge is 2.26. The lowest BCUT2D eigenvalue weighted by Crippen LogP contribution is -2.40. The number of nitrogens with zero attached hydrogens (tertiary/aromatic N) is 2. The molecule has 1 atom stereocenters. The molecular formula is C24H27N5O2. The van der Waals surface area contributed by atoms with Crippen molar-refractivity contribution >= 4 is 23.2 Å². The van der Waals surface area contributed by atoms with Crippen LogP contribution in [0.1, 0.15) is 25.3 Å². The Morgan fingerprint density at radius 2 is 1.74 bits per heavy atom. The zero-order valence-electron chi connectivity index (χ0n) is 17.6. The molecule has 1 fully saturated rings. The van der Waals surface area contributed by atoms with Crippen molar-refractivity contribution in [3.05, 3.63) is 66.4 Å². The van der Waals surface area contributed by atoms with Gasteiger partial charge in [0.25, 0.3) is 0 Å².